The van der Waals surface area contributed by atoms with E-state index in [1.54, 1.807) is 23.5 Å². The highest BCUT2D eigenvalue weighted by molar-refractivity contribution is 8.27. The van der Waals surface area contributed by atoms with Crippen LogP contribution in [0.5, 0.6) is 0 Å². The van der Waals surface area contributed by atoms with Crippen molar-refractivity contribution in [2.45, 2.75) is 4.33 Å². The first-order chi connectivity index (χ1) is 13.8. The quantitative estimate of drug-likeness (QED) is 0.617. The maximum atomic E-state index is 13.0. The van der Waals surface area contributed by atoms with Crippen LogP contribution < -0.4 is 9.91 Å². The van der Waals surface area contributed by atoms with E-state index in [0.29, 0.717) is 5.75 Å². The third-order valence-electron chi connectivity index (χ3n) is 4.64. The number of hydrogen-bond acceptors (Lipinski definition) is 5. The van der Waals surface area contributed by atoms with E-state index >= 15 is 0 Å². The molecule has 3 aromatic carbocycles. The molecule has 0 saturated carbocycles. The summed E-state index contributed by atoms with van der Waals surface area (Å²) in [5, 5.41) is 7.87. The van der Waals surface area contributed by atoms with E-state index in [-0.39, 0.29) is 5.91 Å². The van der Waals surface area contributed by atoms with Gasteiger partial charge < -0.3 is 0 Å². The van der Waals surface area contributed by atoms with Crippen LogP contribution in [0.1, 0.15) is 5.56 Å². The fraction of sp³-hybridized carbons (Fsp3) is 0.0909. The lowest BCUT2D eigenvalue weighted by Crippen LogP contribution is -2.51. The van der Waals surface area contributed by atoms with Crippen LogP contribution in [0.2, 0.25) is 0 Å². The molecule has 1 amide bonds. The summed E-state index contributed by atoms with van der Waals surface area (Å²) in [4.78, 5) is 14.9. The summed E-state index contributed by atoms with van der Waals surface area (Å²) in [5.74, 6) is 0.511. The molecule has 0 aliphatic carbocycles. The zero-order valence-corrected chi connectivity index (χ0v) is 16.6. The molecule has 0 unspecified atom stereocenters. The van der Waals surface area contributed by atoms with Crippen LogP contribution in [0, 0.1) is 0 Å². The summed E-state index contributed by atoms with van der Waals surface area (Å²) in [6.45, 7) is 0. The van der Waals surface area contributed by atoms with Crippen molar-refractivity contribution in [1.82, 2.24) is 0 Å². The average Bonchev–Trinajstić information content (AvgIpc) is 3.30. The van der Waals surface area contributed by atoms with E-state index in [0.717, 1.165) is 22.0 Å². The van der Waals surface area contributed by atoms with Crippen LogP contribution in [-0.4, -0.2) is 21.0 Å². The minimum atomic E-state index is -0.676. The highest BCUT2D eigenvalue weighted by Gasteiger charge is 2.57. The number of carbonyl (C=O) groups is 1. The second-order valence-corrected chi connectivity index (χ2v) is 8.99. The first kappa shape index (κ1) is 17.4. The van der Waals surface area contributed by atoms with Crippen molar-refractivity contribution in [3.8, 4) is 0 Å². The van der Waals surface area contributed by atoms with E-state index in [2.05, 4.69) is 12.1 Å². The second kappa shape index (κ2) is 7.04. The predicted molar refractivity (Wildman–Crippen MR) is 119 cm³/mol. The Morgan fingerprint density at radius 2 is 1.36 bits per heavy atom. The Hall–Kier alpha value is -2.70. The van der Waals surface area contributed by atoms with Crippen LogP contribution in [0.4, 0.5) is 11.4 Å². The summed E-state index contributed by atoms with van der Waals surface area (Å²) in [5.41, 5.74) is 2.90. The molecule has 1 saturated heterocycles. The van der Waals surface area contributed by atoms with Gasteiger partial charge in [0, 0.05) is 11.3 Å². The molecule has 2 aliphatic heterocycles. The van der Waals surface area contributed by atoms with Crippen molar-refractivity contribution in [3.05, 3.63) is 96.6 Å². The van der Waals surface area contributed by atoms with E-state index in [9.17, 15) is 4.79 Å². The van der Waals surface area contributed by atoms with Crippen LogP contribution >= 0.6 is 23.5 Å². The molecule has 138 valence electrons. The Morgan fingerprint density at radius 3 is 2.00 bits per heavy atom. The van der Waals surface area contributed by atoms with Gasteiger partial charge in [-0.15, -0.1) is 0 Å². The predicted octanol–water partition coefficient (Wildman–Crippen LogP) is 4.99. The molecule has 1 spiro atoms. The highest BCUT2D eigenvalue weighted by atomic mass is 32.2. The largest absolute Gasteiger partial charge is 0.273 e. The van der Waals surface area contributed by atoms with Gasteiger partial charge in [-0.2, -0.15) is 5.10 Å². The number of para-hydroxylation sites is 2. The lowest BCUT2D eigenvalue weighted by atomic mass is 10.2. The molecule has 0 radical (unpaired) electrons. The molecular weight excluding hydrogens is 386 g/mol. The zero-order chi connectivity index (χ0) is 19.0. The molecule has 3 aromatic rings. The highest BCUT2D eigenvalue weighted by Crippen LogP contribution is 2.55. The molecule has 4 nitrogen and oxygen atoms in total. The van der Waals surface area contributed by atoms with Crippen molar-refractivity contribution < 1.29 is 4.79 Å². The Balaban J connectivity index is 1.65. The van der Waals surface area contributed by atoms with Crippen LogP contribution in [0.25, 0.3) is 0 Å². The van der Waals surface area contributed by atoms with Crippen molar-refractivity contribution >= 4 is 45.8 Å². The van der Waals surface area contributed by atoms with Gasteiger partial charge in [0.15, 0.2) is 0 Å². The lowest BCUT2D eigenvalue weighted by molar-refractivity contribution is -0.115. The standard InChI is InChI=1S/C22H17N3OS2/c26-20-16-27-22(24(20)18-12-6-2-7-13-18)25(19-14-8-3-9-15-19)23-21(28-22)17-10-4-1-5-11-17/h1-15H,16H2/t22-/m0/s1. The van der Waals surface area contributed by atoms with E-state index < -0.39 is 4.33 Å². The van der Waals surface area contributed by atoms with Crippen LogP contribution in [0.15, 0.2) is 96.1 Å². The SMILES string of the molecule is O=C1CS[C@]2(SC(c3ccccc3)=NN2c2ccccc2)N1c1ccccc1. The molecule has 6 heteroatoms. The smallest absolute Gasteiger partial charge is 0.243 e. The zero-order valence-electron chi connectivity index (χ0n) is 14.9. The van der Waals surface area contributed by atoms with Gasteiger partial charge in [0.1, 0.15) is 5.04 Å². The van der Waals surface area contributed by atoms with Gasteiger partial charge in [-0.05, 0) is 36.0 Å². The maximum absolute atomic E-state index is 13.0. The Labute approximate surface area is 172 Å². The monoisotopic (exact) mass is 403 g/mol. The van der Waals surface area contributed by atoms with Crippen LogP contribution in [0.3, 0.4) is 0 Å². The molecule has 1 atom stereocenters. The Bertz CT molecular complexity index is 1030. The van der Waals surface area contributed by atoms with Crippen molar-refractivity contribution in [3.63, 3.8) is 0 Å². The summed E-state index contributed by atoms with van der Waals surface area (Å²) < 4.78 is -0.676. The Kier molecular flexibility index (Phi) is 4.37. The Morgan fingerprint density at radius 1 is 0.786 bits per heavy atom. The van der Waals surface area contributed by atoms with Gasteiger partial charge in [-0.25, -0.2) is 5.01 Å². The van der Waals surface area contributed by atoms with Gasteiger partial charge in [0.25, 0.3) is 0 Å². The van der Waals surface area contributed by atoms with Crippen molar-refractivity contribution in [2.24, 2.45) is 5.10 Å². The van der Waals surface area contributed by atoms with Gasteiger partial charge >= 0.3 is 0 Å². The van der Waals surface area contributed by atoms with Gasteiger partial charge in [-0.3, -0.25) is 9.69 Å². The molecule has 0 aromatic heterocycles. The van der Waals surface area contributed by atoms with E-state index in [1.807, 2.05) is 88.8 Å². The third kappa shape index (κ3) is 2.80. The summed E-state index contributed by atoms with van der Waals surface area (Å²) in [6.07, 6.45) is 0. The molecule has 1 fully saturated rings. The van der Waals surface area contributed by atoms with Gasteiger partial charge in [-0.1, -0.05) is 78.5 Å². The third-order valence-corrected chi connectivity index (χ3v) is 7.50. The minimum absolute atomic E-state index is 0.0918. The van der Waals surface area contributed by atoms with Crippen molar-refractivity contribution in [2.75, 3.05) is 15.7 Å². The molecular formula is C22H17N3OS2. The second-order valence-electron chi connectivity index (χ2n) is 6.42. The number of thioether (sulfide) groups is 2. The van der Waals surface area contributed by atoms with Crippen LogP contribution in [-0.2, 0) is 4.79 Å². The lowest BCUT2D eigenvalue weighted by Gasteiger charge is -2.39. The fourth-order valence-corrected chi connectivity index (χ4v) is 6.24. The average molecular weight is 404 g/mol. The summed E-state index contributed by atoms with van der Waals surface area (Å²) in [7, 11) is 0. The molecule has 0 N–H and O–H groups in total. The van der Waals surface area contributed by atoms with Crippen molar-refractivity contribution in [1.29, 1.82) is 0 Å². The molecule has 2 heterocycles. The van der Waals surface area contributed by atoms with E-state index in [1.165, 1.54) is 0 Å². The molecule has 28 heavy (non-hydrogen) atoms. The number of hydrogen-bond donors (Lipinski definition) is 0. The number of amides is 1. The number of benzene rings is 3. The molecule has 5 rings (SSSR count). The number of rotatable bonds is 3. The first-order valence-corrected chi connectivity index (χ1v) is 10.8. The van der Waals surface area contributed by atoms with E-state index in [4.69, 9.17) is 5.10 Å². The number of nitrogens with zero attached hydrogens (tertiary/aromatic N) is 3. The number of carbonyl (C=O) groups excluding carboxylic acids is 1. The number of hydrazone groups is 1. The first-order valence-electron chi connectivity index (χ1n) is 8.98. The minimum Gasteiger partial charge on any atom is -0.273 e. The maximum Gasteiger partial charge on any atom is 0.243 e. The number of anilines is 2. The summed E-state index contributed by atoms with van der Waals surface area (Å²) in [6, 6.07) is 30.0. The topological polar surface area (TPSA) is 35.9 Å². The normalized spacial score (nSPS) is 21.4. The van der Waals surface area contributed by atoms with Gasteiger partial charge in [0.2, 0.25) is 10.2 Å². The fourth-order valence-electron chi connectivity index (χ4n) is 3.39. The molecule has 2 aliphatic rings. The van der Waals surface area contributed by atoms with Gasteiger partial charge in [0.05, 0.1) is 11.4 Å². The summed E-state index contributed by atoms with van der Waals surface area (Å²) >= 11 is 3.24. The molecule has 0 bridgehead atoms.